The molecule has 88 valence electrons. The number of rotatable bonds is 2. The van der Waals surface area contributed by atoms with Crippen LogP contribution in [-0.2, 0) is 0 Å². The Labute approximate surface area is 86.6 Å². The third-order valence-electron chi connectivity index (χ3n) is 1.74. The molecule has 0 aromatic heterocycles. The molecule has 0 spiro atoms. The molecular formula is C8H5F4NO3. The number of hydrogen-bond donors (Lipinski definition) is 0. The van der Waals surface area contributed by atoms with Crippen LogP contribution in [0.1, 0.15) is 5.56 Å². The van der Waals surface area contributed by atoms with Crippen molar-refractivity contribution >= 4 is 5.69 Å². The Hall–Kier alpha value is -1.86. The minimum Gasteiger partial charge on any atom is -0.405 e. The molecule has 0 aliphatic rings. The standard InChI is InChI=1S/C8H5F4NO3/c1-4-6(16-8(10,11)12)3-2-5(9)7(4)13(14)15/h2-3H,1H3. The van der Waals surface area contributed by atoms with Gasteiger partial charge in [0.2, 0.25) is 5.82 Å². The first-order chi connectivity index (χ1) is 7.22. The highest BCUT2D eigenvalue weighted by atomic mass is 19.4. The lowest BCUT2D eigenvalue weighted by Gasteiger charge is -2.11. The number of nitro groups is 1. The number of benzene rings is 1. The quantitative estimate of drug-likeness (QED) is 0.453. The molecule has 0 radical (unpaired) electrons. The molecule has 4 nitrogen and oxygen atoms in total. The van der Waals surface area contributed by atoms with Gasteiger partial charge in [-0.25, -0.2) is 0 Å². The normalized spacial score (nSPS) is 11.3. The zero-order chi connectivity index (χ0) is 12.5. The summed E-state index contributed by atoms with van der Waals surface area (Å²) in [6.07, 6.45) is -4.98. The first kappa shape index (κ1) is 12.2. The number of nitrogens with zero attached hydrogens (tertiary/aromatic N) is 1. The average Bonchev–Trinajstić information content (AvgIpc) is 2.07. The number of nitro benzene ring substituents is 1. The minimum atomic E-state index is -4.98. The average molecular weight is 239 g/mol. The molecule has 8 heteroatoms. The molecule has 0 saturated carbocycles. The topological polar surface area (TPSA) is 52.4 Å². The molecule has 0 heterocycles. The maximum atomic E-state index is 12.9. The molecule has 1 aromatic rings. The van der Waals surface area contributed by atoms with Crippen molar-refractivity contribution in [2.75, 3.05) is 0 Å². The van der Waals surface area contributed by atoms with E-state index >= 15 is 0 Å². The Morgan fingerprint density at radius 3 is 2.38 bits per heavy atom. The number of ether oxygens (including phenoxy) is 1. The van der Waals surface area contributed by atoms with Gasteiger partial charge < -0.3 is 4.74 Å². The van der Waals surface area contributed by atoms with E-state index < -0.39 is 34.1 Å². The van der Waals surface area contributed by atoms with E-state index in [1.165, 1.54) is 0 Å². The fourth-order valence-corrected chi connectivity index (χ4v) is 1.11. The second kappa shape index (κ2) is 3.95. The smallest absolute Gasteiger partial charge is 0.405 e. The van der Waals surface area contributed by atoms with Gasteiger partial charge in [0.25, 0.3) is 0 Å². The van der Waals surface area contributed by atoms with Crippen molar-refractivity contribution in [3.8, 4) is 5.75 Å². The van der Waals surface area contributed by atoms with Crippen LogP contribution >= 0.6 is 0 Å². The highest BCUT2D eigenvalue weighted by molar-refractivity contribution is 5.49. The fraction of sp³-hybridized carbons (Fsp3) is 0.250. The predicted octanol–water partition coefficient (Wildman–Crippen LogP) is 2.94. The van der Waals surface area contributed by atoms with E-state index in [0.717, 1.165) is 6.92 Å². The van der Waals surface area contributed by atoms with Crippen LogP contribution in [0.4, 0.5) is 23.2 Å². The summed E-state index contributed by atoms with van der Waals surface area (Å²) in [6, 6.07) is 1.23. The summed E-state index contributed by atoms with van der Waals surface area (Å²) in [5, 5.41) is 10.4. The third-order valence-corrected chi connectivity index (χ3v) is 1.74. The van der Waals surface area contributed by atoms with Crippen molar-refractivity contribution in [2.45, 2.75) is 13.3 Å². The molecule has 0 saturated heterocycles. The van der Waals surface area contributed by atoms with Gasteiger partial charge in [0.05, 0.1) is 10.5 Å². The lowest BCUT2D eigenvalue weighted by Crippen LogP contribution is -2.18. The summed E-state index contributed by atoms with van der Waals surface area (Å²) >= 11 is 0. The van der Waals surface area contributed by atoms with Gasteiger partial charge >= 0.3 is 12.0 Å². The predicted molar refractivity (Wildman–Crippen MR) is 44.5 cm³/mol. The van der Waals surface area contributed by atoms with Gasteiger partial charge in [-0.1, -0.05) is 0 Å². The summed E-state index contributed by atoms with van der Waals surface area (Å²) in [6.45, 7) is 0.974. The van der Waals surface area contributed by atoms with E-state index in [1.54, 1.807) is 0 Å². The highest BCUT2D eigenvalue weighted by Gasteiger charge is 2.33. The number of alkyl halides is 3. The van der Waals surface area contributed by atoms with Crippen LogP contribution < -0.4 is 4.74 Å². The molecular weight excluding hydrogens is 234 g/mol. The fourth-order valence-electron chi connectivity index (χ4n) is 1.11. The molecule has 0 atom stereocenters. The summed E-state index contributed by atoms with van der Waals surface area (Å²) < 4.78 is 52.0. The van der Waals surface area contributed by atoms with Crippen LogP contribution in [0.15, 0.2) is 12.1 Å². The maximum absolute atomic E-state index is 12.9. The van der Waals surface area contributed by atoms with Gasteiger partial charge in [-0.05, 0) is 19.1 Å². The molecule has 16 heavy (non-hydrogen) atoms. The van der Waals surface area contributed by atoms with Crippen molar-refractivity contribution in [1.29, 1.82) is 0 Å². The van der Waals surface area contributed by atoms with Crippen molar-refractivity contribution in [2.24, 2.45) is 0 Å². The van der Waals surface area contributed by atoms with Gasteiger partial charge in [-0.2, -0.15) is 4.39 Å². The largest absolute Gasteiger partial charge is 0.573 e. The molecule has 0 unspecified atom stereocenters. The van der Waals surface area contributed by atoms with E-state index in [1.807, 2.05) is 0 Å². The van der Waals surface area contributed by atoms with Crippen LogP contribution in [0.2, 0.25) is 0 Å². The van der Waals surface area contributed by atoms with Crippen molar-refractivity contribution in [3.63, 3.8) is 0 Å². The monoisotopic (exact) mass is 239 g/mol. The van der Waals surface area contributed by atoms with Crippen LogP contribution in [0.5, 0.6) is 5.75 Å². The Morgan fingerprint density at radius 2 is 1.94 bits per heavy atom. The minimum absolute atomic E-state index is 0.512. The van der Waals surface area contributed by atoms with Crippen LogP contribution in [-0.4, -0.2) is 11.3 Å². The van der Waals surface area contributed by atoms with Crippen molar-refractivity contribution in [1.82, 2.24) is 0 Å². The first-order valence-corrected chi connectivity index (χ1v) is 3.91. The molecule has 1 rings (SSSR count). The summed E-state index contributed by atoms with van der Waals surface area (Å²) in [5.41, 5.74) is -1.54. The Bertz CT molecular complexity index is 430. The zero-order valence-corrected chi connectivity index (χ0v) is 7.84. The van der Waals surface area contributed by atoms with Gasteiger partial charge in [-0.3, -0.25) is 10.1 Å². The molecule has 0 N–H and O–H groups in total. The second-order valence-electron chi connectivity index (χ2n) is 2.82. The van der Waals surface area contributed by atoms with E-state index in [-0.39, 0.29) is 0 Å². The lowest BCUT2D eigenvalue weighted by atomic mass is 10.2. The summed E-state index contributed by atoms with van der Waals surface area (Å²) in [5.74, 6) is -2.00. The molecule has 0 aliphatic carbocycles. The molecule has 0 bridgehead atoms. The Balaban J connectivity index is 3.24. The van der Waals surface area contributed by atoms with E-state index in [2.05, 4.69) is 4.74 Å². The van der Waals surface area contributed by atoms with Gasteiger partial charge in [0.1, 0.15) is 5.75 Å². The van der Waals surface area contributed by atoms with Crippen molar-refractivity contribution in [3.05, 3.63) is 33.6 Å². The van der Waals surface area contributed by atoms with E-state index in [9.17, 15) is 27.7 Å². The third kappa shape index (κ3) is 2.59. The molecule has 0 aliphatic heterocycles. The number of halogens is 4. The molecule has 1 aromatic carbocycles. The van der Waals surface area contributed by atoms with Crippen molar-refractivity contribution < 1.29 is 27.2 Å². The first-order valence-electron chi connectivity index (χ1n) is 3.91. The number of hydrogen-bond acceptors (Lipinski definition) is 3. The van der Waals surface area contributed by atoms with E-state index in [0.29, 0.717) is 12.1 Å². The Kier molecular flexibility index (Phi) is 3.02. The van der Waals surface area contributed by atoms with E-state index in [4.69, 9.17) is 0 Å². The lowest BCUT2D eigenvalue weighted by molar-refractivity contribution is -0.388. The van der Waals surface area contributed by atoms with Crippen LogP contribution in [0, 0.1) is 22.9 Å². The van der Waals surface area contributed by atoms with Crippen LogP contribution in [0.25, 0.3) is 0 Å². The summed E-state index contributed by atoms with van der Waals surface area (Å²) in [4.78, 5) is 9.29. The second-order valence-corrected chi connectivity index (χ2v) is 2.82. The summed E-state index contributed by atoms with van der Waals surface area (Å²) in [7, 11) is 0. The van der Waals surface area contributed by atoms with Gasteiger partial charge in [0, 0.05) is 0 Å². The maximum Gasteiger partial charge on any atom is 0.573 e. The molecule has 0 fully saturated rings. The highest BCUT2D eigenvalue weighted by Crippen LogP contribution is 2.33. The van der Waals surface area contributed by atoms with Gasteiger partial charge in [-0.15, -0.1) is 13.2 Å². The zero-order valence-electron chi connectivity index (χ0n) is 7.84. The SMILES string of the molecule is Cc1c(OC(F)(F)F)ccc(F)c1[N+](=O)[O-]. The molecule has 0 amide bonds. The van der Waals surface area contributed by atoms with Gasteiger partial charge in [0.15, 0.2) is 0 Å². The van der Waals surface area contributed by atoms with Crippen LogP contribution in [0.3, 0.4) is 0 Å². The Morgan fingerprint density at radius 1 is 1.38 bits per heavy atom.